The van der Waals surface area contributed by atoms with E-state index in [1.807, 2.05) is 29.2 Å². The molecule has 1 heterocycles. The predicted molar refractivity (Wildman–Crippen MR) is 94.5 cm³/mol. The number of nitrogens with zero attached hydrogens (tertiary/aromatic N) is 1. The molecule has 0 aromatic heterocycles. The number of carbonyl (C=O) groups excluding carboxylic acids is 1. The quantitative estimate of drug-likeness (QED) is 0.756. The fraction of sp³-hybridized carbons (Fsp3) is 0.562. The summed E-state index contributed by atoms with van der Waals surface area (Å²) in [5.41, 5.74) is 5.90. The number of carbonyl (C=O) groups is 1. The van der Waals surface area contributed by atoms with E-state index in [0.29, 0.717) is 19.6 Å². The van der Waals surface area contributed by atoms with E-state index in [1.54, 1.807) is 0 Å². The number of ether oxygens (including phenoxy) is 1. The molecular weight excluding hydrogens is 368 g/mol. The number of hydrogen-bond acceptors (Lipinski definition) is 3. The highest BCUT2D eigenvalue weighted by atomic mass is 79.9. The molecule has 1 saturated heterocycles. The van der Waals surface area contributed by atoms with Gasteiger partial charge in [-0.05, 0) is 49.9 Å². The molecule has 6 heteroatoms. The van der Waals surface area contributed by atoms with Crippen molar-refractivity contribution in [2.75, 3.05) is 19.7 Å². The first-order chi connectivity index (χ1) is 10.1. The van der Waals surface area contributed by atoms with E-state index in [2.05, 4.69) is 15.9 Å². The summed E-state index contributed by atoms with van der Waals surface area (Å²) in [5, 5.41) is 0. The van der Waals surface area contributed by atoms with E-state index in [1.165, 1.54) is 0 Å². The first-order valence-electron chi connectivity index (χ1n) is 7.57. The van der Waals surface area contributed by atoms with E-state index in [-0.39, 0.29) is 24.4 Å². The molecular formula is C16H24BrClN2O2. The Morgan fingerprint density at radius 1 is 1.32 bits per heavy atom. The topological polar surface area (TPSA) is 55.6 Å². The van der Waals surface area contributed by atoms with Gasteiger partial charge in [0.25, 0.3) is 0 Å². The first kappa shape index (κ1) is 19.3. The van der Waals surface area contributed by atoms with Crippen LogP contribution >= 0.6 is 28.3 Å². The molecule has 2 rings (SSSR count). The van der Waals surface area contributed by atoms with Crippen LogP contribution in [0.4, 0.5) is 0 Å². The van der Waals surface area contributed by atoms with Crippen LogP contribution in [0.15, 0.2) is 28.7 Å². The first-order valence-corrected chi connectivity index (χ1v) is 8.36. The van der Waals surface area contributed by atoms with Crippen LogP contribution in [0.3, 0.4) is 0 Å². The number of amides is 1. The second-order valence-corrected chi connectivity index (χ2v) is 6.42. The minimum Gasteiger partial charge on any atom is -0.494 e. The summed E-state index contributed by atoms with van der Waals surface area (Å²) >= 11 is 3.39. The molecule has 1 unspecified atom stereocenters. The molecule has 1 aromatic carbocycles. The molecule has 1 aliphatic heterocycles. The van der Waals surface area contributed by atoms with Gasteiger partial charge in [0.1, 0.15) is 5.75 Å². The molecule has 124 valence electrons. The molecule has 0 saturated carbocycles. The molecule has 1 atom stereocenters. The average Bonchev–Trinajstić information content (AvgIpc) is 2.48. The summed E-state index contributed by atoms with van der Waals surface area (Å²) in [5.74, 6) is 1.10. The van der Waals surface area contributed by atoms with Crippen LogP contribution < -0.4 is 10.5 Å². The number of likely N-dealkylation sites (tertiary alicyclic amines) is 1. The Hall–Kier alpha value is -0.780. The highest BCUT2D eigenvalue weighted by Crippen LogP contribution is 2.16. The van der Waals surface area contributed by atoms with E-state index < -0.39 is 0 Å². The van der Waals surface area contributed by atoms with Crippen molar-refractivity contribution in [1.82, 2.24) is 4.90 Å². The van der Waals surface area contributed by atoms with Gasteiger partial charge < -0.3 is 15.4 Å². The third kappa shape index (κ3) is 6.55. The van der Waals surface area contributed by atoms with Gasteiger partial charge in [-0.25, -0.2) is 0 Å². The van der Waals surface area contributed by atoms with Gasteiger partial charge in [0.2, 0.25) is 5.91 Å². The van der Waals surface area contributed by atoms with E-state index in [0.717, 1.165) is 42.5 Å². The van der Waals surface area contributed by atoms with E-state index in [4.69, 9.17) is 10.5 Å². The maximum absolute atomic E-state index is 12.0. The van der Waals surface area contributed by atoms with Crippen molar-refractivity contribution in [1.29, 1.82) is 0 Å². The highest BCUT2D eigenvalue weighted by Gasteiger charge is 2.20. The number of rotatable bonds is 6. The summed E-state index contributed by atoms with van der Waals surface area (Å²) in [6.45, 7) is 2.23. The van der Waals surface area contributed by atoms with Crippen molar-refractivity contribution >= 4 is 34.2 Å². The molecule has 22 heavy (non-hydrogen) atoms. The van der Waals surface area contributed by atoms with Crippen LogP contribution in [0.25, 0.3) is 0 Å². The number of unbranched alkanes of at least 4 members (excludes halogenated alkanes) is 1. The molecule has 0 radical (unpaired) electrons. The minimum atomic E-state index is 0. The highest BCUT2D eigenvalue weighted by molar-refractivity contribution is 9.10. The van der Waals surface area contributed by atoms with Gasteiger partial charge in [0, 0.05) is 30.0 Å². The molecule has 1 aromatic rings. The lowest BCUT2D eigenvalue weighted by molar-refractivity contribution is -0.132. The lowest BCUT2D eigenvalue weighted by Gasteiger charge is -2.30. The Kier molecular flexibility index (Phi) is 8.83. The summed E-state index contributed by atoms with van der Waals surface area (Å²) in [6, 6.07) is 7.94. The van der Waals surface area contributed by atoms with E-state index in [9.17, 15) is 4.79 Å². The van der Waals surface area contributed by atoms with Gasteiger partial charge in [-0.15, -0.1) is 12.4 Å². The maximum Gasteiger partial charge on any atom is 0.222 e. The minimum absolute atomic E-state index is 0. The number of nitrogens with two attached hydrogens (primary N) is 1. The number of piperidine rings is 1. The van der Waals surface area contributed by atoms with Crippen LogP contribution in [-0.4, -0.2) is 36.5 Å². The van der Waals surface area contributed by atoms with Crippen LogP contribution in [0.5, 0.6) is 5.75 Å². The second-order valence-electron chi connectivity index (χ2n) is 5.50. The number of halogens is 2. The Labute approximate surface area is 146 Å². The Balaban J connectivity index is 0.00000242. The largest absolute Gasteiger partial charge is 0.494 e. The lowest BCUT2D eigenvalue weighted by atomic mass is 10.1. The summed E-state index contributed by atoms with van der Waals surface area (Å²) in [6.07, 6.45) is 4.41. The smallest absolute Gasteiger partial charge is 0.222 e. The van der Waals surface area contributed by atoms with Gasteiger partial charge in [-0.3, -0.25) is 4.79 Å². The van der Waals surface area contributed by atoms with E-state index >= 15 is 0 Å². The van der Waals surface area contributed by atoms with Crippen molar-refractivity contribution in [2.24, 2.45) is 5.73 Å². The Morgan fingerprint density at radius 3 is 2.73 bits per heavy atom. The summed E-state index contributed by atoms with van der Waals surface area (Å²) in [7, 11) is 0. The van der Waals surface area contributed by atoms with Crippen LogP contribution in [0, 0.1) is 0 Å². The van der Waals surface area contributed by atoms with Crippen LogP contribution in [0.2, 0.25) is 0 Å². The zero-order valence-corrected chi connectivity index (χ0v) is 15.1. The average molecular weight is 392 g/mol. The third-order valence-corrected chi connectivity index (χ3v) is 4.21. The van der Waals surface area contributed by atoms with Crippen molar-refractivity contribution in [3.63, 3.8) is 0 Å². The zero-order chi connectivity index (χ0) is 15.1. The molecule has 2 N–H and O–H groups in total. The van der Waals surface area contributed by atoms with Crippen molar-refractivity contribution in [3.05, 3.63) is 28.7 Å². The molecule has 1 fully saturated rings. The summed E-state index contributed by atoms with van der Waals surface area (Å²) in [4.78, 5) is 13.9. The van der Waals surface area contributed by atoms with Crippen molar-refractivity contribution in [3.8, 4) is 5.75 Å². The zero-order valence-electron chi connectivity index (χ0n) is 12.7. The Morgan fingerprint density at radius 2 is 2.05 bits per heavy atom. The monoisotopic (exact) mass is 390 g/mol. The predicted octanol–water partition coefficient (Wildman–Crippen LogP) is 3.37. The van der Waals surface area contributed by atoms with Gasteiger partial charge in [0.05, 0.1) is 6.61 Å². The molecule has 0 spiro atoms. The Bertz CT molecular complexity index is 456. The van der Waals surface area contributed by atoms with Crippen LogP contribution in [0.1, 0.15) is 32.1 Å². The number of benzene rings is 1. The lowest BCUT2D eigenvalue weighted by Crippen LogP contribution is -2.45. The van der Waals surface area contributed by atoms with Crippen molar-refractivity contribution in [2.45, 2.75) is 38.1 Å². The van der Waals surface area contributed by atoms with Gasteiger partial charge in [-0.2, -0.15) is 0 Å². The normalized spacial score (nSPS) is 17.7. The van der Waals surface area contributed by atoms with Crippen molar-refractivity contribution < 1.29 is 9.53 Å². The fourth-order valence-electron chi connectivity index (χ4n) is 2.49. The van der Waals surface area contributed by atoms with Gasteiger partial charge >= 0.3 is 0 Å². The van der Waals surface area contributed by atoms with Gasteiger partial charge in [0.15, 0.2) is 0 Å². The molecule has 4 nitrogen and oxygen atoms in total. The van der Waals surface area contributed by atoms with Gasteiger partial charge in [-0.1, -0.05) is 15.9 Å². The third-order valence-electron chi connectivity index (χ3n) is 3.68. The fourth-order valence-corrected chi connectivity index (χ4v) is 2.76. The maximum atomic E-state index is 12.0. The van der Waals surface area contributed by atoms with Crippen LogP contribution in [-0.2, 0) is 4.79 Å². The summed E-state index contributed by atoms with van der Waals surface area (Å²) < 4.78 is 6.68. The second kappa shape index (κ2) is 10.1. The molecule has 0 aliphatic carbocycles. The standard InChI is InChI=1S/C16H23BrN2O2.ClH/c17-13-6-8-15(9-7-13)21-11-2-1-5-16(20)19-10-3-4-14(18)12-19;/h6-9,14H,1-5,10-12,18H2;1H. The molecule has 1 amide bonds. The molecule has 1 aliphatic rings. The number of hydrogen-bond donors (Lipinski definition) is 1. The SMILES string of the molecule is Cl.NC1CCCN(C(=O)CCCCOc2ccc(Br)cc2)C1. The molecule has 0 bridgehead atoms.